The average molecular weight is 172 g/mol. The third-order valence-corrected chi connectivity index (χ3v) is 3.84. The number of carboxylic acids is 1. The molecule has 0 saturated carbocycles. The third-order valence-electron chi connectivity index (χ3n) is 1.61. The molecule has 3 heteroatoms. The van der Waals surface area contributed by atoms with E-state index in [1.54, 1.807) is 0 Å². The lowest BCUT2D eigenvalue weighted by Gasteiger charge is -2.16. The molecule has 1 aliphatic heterocycles. The van der Waals surface area contributed by atoms with Crippen LogP contribution in [0.5, 0.6) is 0 Å². The van der Waals surface area contributed by atoms with Gasteiger partial charge in [0.25, 0.3) is 0 Å². The highest BCUT2D eigenvalue weighted by molar-refractivity contribution is 8.22. The SMILES string of the molecule is CC(CC(=O)O)[SH]1C=CC=C1. The van der Waals surface area contributed by atoms with Gasteiger partial charge < -0.3 is 5.11 Å². The van der Waals surface area contributed by atoms with Gasteiger partial charge in [-0.05, 0) is 10.8 Å². The summed E-state index contributed by atoms with van der Waals surface area (Å²) in [6.07, 6.45) is 4.26. The Morgan fingerprint density at radius 1 is 1.55 bits per heavy atom. The predicted octanol–water partition coefficient (Wildman–Crippen LogP) is 1.89. The van der Waals surface area contributed by atoms with Crippen LogP contribution in [0, 0.1) is 0 Å². The maximum Gasteiger partial charge on any atom is 0.304 e. The van der Waals surface area contributed by atoms with Crippen LogP contribution in [0.25, 0.3) is 0 Å². The number of allylic oxidation sites excluding steroid dienone is 2. The maximum atomic E-state index is 10.3. The van der Waals surface area contributed by atoms with E-state index in [-0.39, 0.29) is 22.6 Å². The molecule has 62 valence electrons. The monoisotopic (exact) mass is 172 g/mol. The fourth-order valence-corrected chi connectivity index (χ4v) is 2.65. The van der Waals surface area contributed by atoms with E-state index in [9.17, 15) is 4.79 Å². The van der Waals surface area contributed by atoms with Crippen molar-refractivity contribution in [1.82, 2.24) is 0 Å². The van der Waals surface area contributed by atoms with Crippen LogP contribution in [0.15, 0.2) is 23.0 Å². The van der Waals surface area contributed by atoms with Gasteiger partial charge >= 0.3 is 5.97 Å². The van der Waals surface area contributed by atoms with Gasteiger partial charge in [-0.15, -0.1) is 0 Å². The lowest BCUT2D eigenvalue weighted by Crippen LogP contribution is -2.07. The van der Waals surface area contributed by atoms with Gasteiger partial charge in [0, 0.05) is 5.25 Å². The summed E-state index contributed by atoms with van der Waals surface area (Å²) < 4.78 is 0. The van der Waals surface area contributed by atoms with E-state index in [2.05, 4.69) is 10.8 Å². The topological polar surface area (TPSA) is 37.3 Å². The minimum Gasteiger partial charge on any atom is -0.481 e. The molecule has 0 saturated heterocycles. The molecule has 1 rings (SSSR count). The van der Waals surface area contributed by atoms with Crippen LogP contribution >= 0.6 is 10.9 Å². The molecule has 1 atom stereocenters. The summed E-state index contributed by atoms with van der Waals surface area (Å²) in [7, 11) is -0.281. The second-order valence-corrected chi connectivity index (χ2v) is 4.95. The Balaban J connectivity index is 2.41. The molecule has 0 radical (unpaired) electrons. The molecule has 0 amide bonds. The van der Waals surface area contributed by atoms with E-state index in [1.165, 1.54) is 0 Å². The number of hydrogen-bond donors (Lipinski definition) is 2. The van der Waals surface area contributed by atoms with Gasteiger partial charge in [-0.2, -0.15) is 0 Å². The van der Waals surface area contributed by atoms with Crippen LogP contribution < -0.4 is 0 Å². The van der Waals surface area contributed by atoms with E-state index in [1.807, 2.05) is 19.1 Å². The Bertz CT molecular complexity index is 196. The number of aliphatic carboxylic acids is 1. The number of rotatable bonds is 3. The van der Waals surface area contributed by atoms with E-state index < -0.39 is 5.97 Å². The van der Waals surface area contributed by atoms with Crippen molar-refractivity contribution >= 4 is 16.9 Å². The molecule has 1 aliphatic rings. The lowest BCUT2D eigenvalue weighted by molar-refractivity contribution is -0.136. The van der Waals surface area contributed by atoms with Crippen molar-refractivity contribution < 1.29 is 9.90 Å². The number of thiol groups is 1. The van der Waals surface area contributed by atoms with Crippen LogP contribution in [0.1, 0.15) is 13.3 Å². The van der Waals surface area contributed by atoms with Gasteiger partial charge in [0.05, 0.1) is 6.42 Å². The maximum absolute atomic E-state index is 10.3. The van der Waals surface area contributed by atoms with Crippen molar-refractivity contribution in [2.45, 2.75) is 18.6 Å². The molecule has 1 N–H and O–H groups in total. The molecule has 0 spiro atoms. The normalized spacial score (nSPS) is 20.6. The molecule has 0 aromatic heterocycles. The summed E-state index contributed by atoms with van der Waals surface area (Å²) >= 11 is 0. The van der Waals surface area contributed by atoms with Gasteiger partial charge in [-0.1, -0.05) is 19.1 Å². The van der Waals surface area contributed by atoms with Gasteiger partial charge in [-0.25, -0.2) is 10.9 Å². The van der Waals surface area contributed by atoms with Crippen molar-refractivity contribution in [3.8, 4) is 0 Å². The first kappa shape index (κ1) is 8.40. The fourth-order valence-electron chi connectivity index (χ4n) is 1.000. The van der Waals surface area contributed by atoms with Crippen molar-refractivity contribution in [3.63, 3.8) is 0 Å². The summed E-state index contributed by atoms with van der Waals surface area (Å²) in [4.78, 5) is 10.3. The van der Waals surface area contributed by atoms with Crippen LogP contribution in [0.3, 0.4) is 0 Å². The summed E-state index contributed by atoms with van der Waals surface area (Å²) in [6, 6.07) is 0. The quantitative estimate of drug-likeness (QED) is 0.638. The van der Waals surface area contributed by atoms with E-state index >= 15 is 0 Å². The Labute approximate surface area is 69.0 Å². The summed E-state index contributed by atoms with van der Waals surface area (Å²) in [6.45, 7) is 1.99. The average Bonchev–Trinajstić information content (AvgIpc) is 2.35. The van der Waals surface area contributed by atoms with Crippen LogP contribution in [0.4, 0.5) is 0 Å². The zero-order chi connectivity index (χ0) is 8.27. The molecule has 0 aromatic carbocycles. The first-order chi connectivity index (χ1) is 5.20. The Hall–Kier alpha value is -0.700. The predicted molar refractivity (Wildman–Crippen MR) is 49.0 cm³/mol. The van der Waals surface area contributed by atoms with Crippen molar-refractivity contribution in [2.24, 2.45) is 0 Å². The highest BCUT2D eigenvalue weighted by Gasteiger charge is 2.12. The zero-order valence-corrected chi connectivity index (χ0v) is 7.29. The van der Waals surface area contributed by atoms with Crippen molar-refractivity contribution in [1.29, 1.82) is 0 Å². The number of carboxylic acid groups (broad SMARTS) is 1. The highest BCUT2D eigenvalue weighted by Crippen LogP contribution is 2.39. The summed E-state index contributed by atoms with van der Waals surface area (Å²) in [5.74, 6) is -0.700. The number of hydrogen-bond acceptors (Lipinski definition) is 1. The Morgan fingerprint density at radius 2 is 2.09 bits per heavy atom. The smallest absolute Gasteiger partial charge is 0.304 e. The lowest BCUT2D eigenvalue weighted by atomic mass is 10.3. The first-order valence-corrected chi connectivity index (χ1v) is 5.09. The van der Waals surface area contributed by atoms with Gasteiger partial charge in [-0.3, -0.25) is 4.79 Å². The molecular formula is C8H12O2S. The van der Waals surface area contributed by atoms with E-state index in [0.717, 1.165) is 0 Å². The van der Waals surface area contributed by atoms with Crippen LogP contribution in [0.2, 0.25) is 0 Å². The minimum absolute atomic E-state index is 0.275. The molecule has 1 unspecified atom stereocenters. The highest BCUT2D eigenvalue weighted by atomic mass is 32.2. The first-order valence-electron chi connectivity index (χ1n) is 3.54. The number of carbonyl (C=O) groups is 1. The Morgan fingerprint density at radius 3 is 2.55 bits per heavy atom. The molecule has 0 aromatic rings. The van der Waals surface area contributed by atoms with Crippen LogP contribution in [-0.4, -0.2) is 16.3 Å². The Kier molecular flexibility index (Phi) is 2.76. The van der Waals surface area contributed by atoms with Crippen molar-refractivity contribution in [2.75, 3.05) is 0 Å². The molecular weight excluding hydrogens is 160 g/mol. The molecule has 0 bridgehead atoms. The van der Waals surface area contributed by atoms with E-state index in [0.29, 0.717) is 0 Å². The fraction of sp³-hybridized carbons (Fsp3) is 0.375. The summed E-state index contributed by atoms with van der Waals surface area (Å²) in [5, 5.41) is 13.0. The van der Waals surface area contributed by atoms with Crippen molar-refractivity contribution in [3.05, 3.63) is 23.0 Å². The summed E-state index contributed by atoms with van der Waals surface area (Å²) in [5.41, 5.74) is 0. The molecule has 2 nitrogen and oxygen atoms in total. The van der Waals surface area contributed by atoms with Gasteiger partial charge in [0.15, 0.2) is 0 Å². The molecule has 1 heterocycles. The molecule has 0 aliphatic carbocycles. The van der Waals surface area contributed by atoms with E-state index in [4.69, 9.17) is 5.11 Å². The second-order valence-electron chi connectivity index (χ2n) is 2.58. The van der Waals surface area contributed by atoms with Gasteiger partial charge in [0.2, 0.25) is 0 Å². The minimum atomic E-state index is -0.700. The second kappa shape index (κ2) is 3.62. The molecule has 0 fully saturated rings. The van der Waals surface area contributed by atoms with Gasteiger partial charge in [0.1, 0.15) is 0 Å². The third kappa shape index (κ3) is 2.42. The standard InChI is InChI=1S/C8H12O2S/c1-7(6-8(9)10)11-4-2-3-5-11/h2-5,7,11H,6H2,1H3,(H,9,10). The zero-order valence-electron chi connectivity index (χ0n) is 6.40. The van der Waals surface area contributed by atoms with Crippen LogP contribution in [-0.2, 0) is 4.79 Å². The molecule has 11 heavy (non-hydrogen) atoms. The largest absolute Gasteiger partial charge is 0.481 e.